The van der Waals surface area contributed by atoms with E-state index in [2.05, 4.69) is 6.58 Å². The van der Waals surface area contributed by atoms with E-state index in [-0.39, 0.29) is 0 Å². The molecule has 0 saturated carbocycles. The second kappa shape index (κ2) is 7.21. The van der Waals surface area contributed by atoms with Crippen LogP contribution in [0.4, 0.5) is 0 Å². The van der Waals surface area contributed by atoms with Crippen molar-refractivity contribution in [3.63, 3.8) is 0 Å². The zero-order valence-corrected chi connectivity index (χ0v) is 11.2. The summed E-state index contributed by atoms with van der Waals surface area (Å²) in [6.45, 7) is 7.12. The van der Waals surface area contributed by atoms with Gasteiger partial charge in [-0.05, 0) is 43.7 Å². The van der Waals surface area contributed by atoms with Gasteiger partial charge in [0, 0.05) is 0 Å². The fraction of sp³-hybridized carbons (Fsp3) is 0.188. The summed E-state index contributed by atoms with van der Waals surface area (Å²) in [7, 11) is 0. The molecule has 0 saturated heterocycles. The summed E-state index contributed by atoms with van der Waals surface area (Å²) in [6.07, 6.45) is 5.01. The molecule has 0 radical (unpaired) electrons. The maximum absolute atomic E-state index is 11.0. The average molecular weight is 258 g/mol. The molecule has 0 amide bonds. The Balaban J connectivity index is 2.92. The van der Waals surface area contributed by atoms with Gasteiger partial charge in [0.2, 0.25) is 0 Å². The van der Waals surface area contributed by atoms with Gasteiger partial charge in [0.25, 0.3) is 0 Å². The molecule has 0 bridgehead atoms. The molecular weight excluding hydrogens is 240 g/mol. The van der Waals surface area contributed by atoms with Gasteiger partial charge in [-0.15, -0.1) is 0 Å². The van der Waals surface area contributed by atoms with Gasteiger partial charge < -0.3 is 9.84 Å². The first-order valence-corrected chi connectivity index (χ1v) is 6.04. The molecule has 1 aromatic carbocycles. The minimum Gasteiger partial charge on any atom is -0.481 e. The molecule has 100 valence electrons. The van der Waals surface area contributed by atoms with Gasteiger partial charge in [-0.3, -0.25) is 4.79 Å². The van der Waals surface area contributed by atoms with Gasteiger partial charge in [0.15, 0.2) is 0 Å². The minimum absolute atomic E-state index is 0.521. The minimum atomic E-state index is -0.868. The van der Waals surface area contributed by atoms with E-state index in [0.717, 1.165) is 0 Å². The van der Waals surface area contributed by atoms with Crippen LogP contribution in [0.3, 0.4) is 0 Å². The number of hydrogen-bond acceptors (Lipinski definition) is 2. The molecule has 0 spiro atoms. The van der Waals surface area contributed by atoms with Crippen molar-refractivity contribution in [3.8, 4) is 5.75 Å². The van der Waals surface area contributed by atoms with Crippen LogP contribution in [0.1, 0.15) is 13.8 Å². The van der Waals surface area contributed by atoms with Crippen LogP contribution < -0.4 is 4.74 Å². The number of para-hydroxylation sites is 1. The van der Waals surface area contributed by atoms with Crippen LogP contribution in [-0.2, 0) is 4.79 Å². The molecule has 0 heterocycles. The third-order valence-corrected chi connectivity index (χ3v) is 2.69. The molecule has 0 aliphatic heterocycles. The highest BCUT2D eigenvalue weighted by atomic mass is 16.5. The van der Waals surface area contributed by atoms with Crippen molar-refractivity contribution in [1.29, 1.82) is 0 Å². The smallest absolute Gasteiger partial charge is 0.310 e. The summed E-state index contributed by atoms with van der Waals surface area (Å²) < 4.78 is 5.64. The molecule has 3 nitrogen and oxygen atoms in total. The monoisotopic (exact) mass is 258 g/mol. The molecule has 0 aliphatic rings. The third kappa shape index (κ3) is 4.47. The van der Waals surface area contributed by atoms with Crippen LogP contribution in [0.25, 0.3) is 0 Å². The van der Waals surface area contributed by atoms with Crippen molar-refractivity contribution in [1.82, 2.24) is 0 Å². The number of allylic oxidation sites excluding steroid dienone is 3. The van der Waals surface area contributed by atoms with Gasteiger partial charge in [0.1, 0.15) is 11.5 Å². The Labute approximate surface area is 113 Å². The first-order valence-electron chi connectivity index (χ1n) is 6.04. The highest BCUT2D eigenvalue weighted by molar-refractivity contribution is 5.74. The van der Waals surface area contributed by atoms with E-state index in [0.29, 0.717) is 17.1 Å². The lowest BCUT2D eigenvalue weighted by Gasteiger charge is -2.10. The van der Waals surface area contributed by atoms with Crippen LogP contribution in [0.5, 0.6) is 5.75 Å². The zero-order valence-electron chi connectivity index (χ0n) is 11.2. The quantitative estimate of drug-likeness (QED) is 0.623. The lowest BCUT2D eigenvalue weighted by Crippen LogP contribution is -2.11. The standard InChI is InChI=1S/C16H18O3/c1-4-13(12(3)16(17)18)11-14(5-2)19-15-9-7-6-8-10-15/h4-12H,2H2,1,3H3,(H,17,18)/b13-4+,14-11+. The molecule has 19 heavy (non-hydrogen) atoms. The summed E-state index contributed by atoms with van der Waals surface area (Å²) in [5.41, 5.74) is 0.679. The Morgan fingerprint density at radius 2 is 2.00 bits per heavy atom. The topological polar surface area (TPSA) is 46.5 Å². The van der Waals surface area contributed by atoms with Crippen molar-refractivity contribution in [3.05, 3.63) is 66.5 Å². The van der Waals surface area contributed by atoms with Crippen molar-refractivity contribution >= 4 is 5.97 Å². The molecule has 0 fully saturated rings. The Kier molecular flexibility index (Phi) is 5.61. The van der Waals surface area contributed by atoms with Crippen LogP contribution >= 0.6 is 0 Å². The fourth-order valence-corrected chi connectivity index (χ4v) is 1.52. The third-order valence-electron chi connectivity index (χ3n) is 2.69. The van der Waals surface area contributed by atoms with Crippen molar-refractivity contribution < 1.29 is 14.6 Å². The first-order chi connectivity index (χ1) is 9.08. The van der Waals surface area contributed by atoms with Gasteiger partial charge in [-0.2, -0.15) is 0 Å². The first kappa shape index (κ1) is 14.8. The highest BCUT2D eigenvalue weighted by Crippen LogP contribution is 2.18. The number of carboxylic acids is 1. The largest absolute Gasteiger partial charge is 0.481 e. The SMILES string of the molecule is C=C/C(=C\C(=C/C)C(C)C(=O)O)Oc1ccccc1. The van der Waals surface area contributed by atoms with E-state index in [1.54, 1.807) is 32.1 Å². The number of ether oxygens (including phenoxy) is 1. The number of carbonyl (C=O) groups is 1. The van der Waals surface area contributed by atoms with Crippen LogP contribution in [0.15, 0.2) is 66.5 Å². The molecule has 1 rings (SSSR count). The van der Waals surface area contributed by atoms with Gasteiger partial charge in [0.05, 0.1) is 5.92 Å². The van der Waals surface area contributed by atoms with Gasteiger partial charge in [-0.1, -0.05) is 30.9 Å². The van der Waals surface area contributed by atoms with E-state index in [4.69, 9.17) is 9.84 Å². The Hall–Kier alpha value is -2.29. The number of benzene rings is 1. The van der Waals surface area contributed by atoms with Crippen molar-refractivity contribution in [2.75, 3.05) is 0 Å². The normalized spacial score (nSPS) is 13.8. The van der Waals surface area contributed by atoms with Crippen LogP contribution in [0.2, 0.25) is 0 Å². The number of rotatable bonds is 6. The van der Waals surface area contributed by atoms with E-state index >= 15 is 0 Å². The zero-order chi connectivity index (χ0) is 14.3. The molecule has 1 N–H and O–H groups in total. The summed E-state index contributed by atoms with van der Waals surface area (Å²) >= 11 is 0. The maximum atomic E-state index is 11.0. The molecule has 1 atom stereocenters. The summed E-state index contributed by atoms with van der Waals surface area (Å²) in [5.74, 6) is -0.244. The van der Waals surface area contributed by atoms with E-state index in [9.17, 15) is 4.79 Å². The molecule has 1 aromatic rings. The van der Waals surface area contributed by atoms with E-state index < -0.39 is 11.9 Å². The summed E-state index contributed by atoms with van der Waals surface area (Å²) in [4.78, 5) is 11.0. The van der Waals surface area contributed by atoms with Crippen molar-refractivity contribution in [2.45, 2.75) is 13.8 Å². The van der Waals surface area contributed by atoms with Crippen LogP contribution in [-0.4, -0.2) is 11.1 Å². The molecule has 3 heteroatoms. The van der Waals surface area contributed by atoms with E-state index in [1.807, 2.05) is 30.3 Å². The van der Waals surface area contributed by atoms with Gasteiger partial charge in [-0.25, -0.2) is 0 Å². The summed E-state index contributed by atoms with van der Waals surface area (Å²) in [5, 5.41) is 9.02. The number of hydrogen-bond donors (Lipinski definition) is 1. The molecular formula is C16H18O3. The van der Waals surface area contributed by atoms with E-state index in [1.165, 1.54) is 0 Å². The summed E-state index contributed by atoms with van der Waals surface area (Å²) in [6, 6.07) is 9.29. The van der Waals surface area contributed by atoms with Crippen LogP contribution in [0, 0.1) is 5.92 Å². The predicted octanol–water partition coefficient (Wildman–Crippen LogP) is 3.80. The lowest BCUT2D eigenvalue weighted by atomic mass is 10.0. The Morgan fingerprint density at radius 1 is 1.37 bits per heavy atom. The number of aliphatic carboxylic acids is 1. The number of carboxylic acid groups (broad SMARTS) is 1. The average Bonchev–Trinajstić information content (AvgIpc) is 2.43. The maximum Gasteiger partial charge on any atom is 0.310 e. The Morgan fingerprint density at radius 3 is 2.47 bits per heavy atom. The fourth-order valence-electron chi connectivity index (χ4n) is 1.52. The second-order valence-corrected chi connectivity index (χ2v) is 4.01. The predicted molar refractivity (Wildman–Crippen MR) is 75.9 cm³/mol. The Bertz CT molecular complexity index is 498. The second-order valence-electron chi connectivity index (χ2n) is 4.01. The molecule has 1 unspecified atom stereocenters. The lowest BCUT2D eigenvalue weighted by molar-refractivity contribution is -0.139. The highest BCUT2D eigenvalue weighted by Gasteiger charge is 2.14. The molecule has 0 aromatic heterocycles. The molecule has 0 aliphatic carbocycles. The van der Waals surface area contributed by atoms with Crippen molar-refractivity contribution in [2.24, 2.45) is 5.92 Å². The van der Waals surface area contributed by atoms with Gasteiger partial charge >= 0.3 is 5.97 Å².